The molecular formula is C14H15NO2. The van der Waals surface area contributed by atoms with E-state index in [0.29, 0.717) is 6.61 Å². The van der Waals surface area contributed by atoms with Crippen LogP contribution in [0, 0.1) is 0 Å². The highest BCUT2D eigenvalue weighted by molar-refractivity contribution is 5.79. The average molecular weight is 229 g/mol. The molecule has 2 aromatic rings. The van der Waals surface area contributed by atoms with Gasteiger partial charge in [-0.15, -0.1) is 0 Å². The molecule has 0 radical (unpaired) electrons. The first kappa shape index (κ1) is 10.5. The van der Waals surface area contributed by atoms with Gasteiger partial charge in [0.1, 0.15) is 11.9 Å². The van der Waals surface area contributed by atoms with Crippen LogP contribution >= 0.6 is 0 Å². The van der Waals surface area contributed by atoms with Crippen LogP contribution in [0.25, 0.3) is 10.9 Å². The summed E-state index contributed by atoms with van der Waals surface area (Å²) in [5.74, 6) is 0.833. The second kappa shape index (κ2) is 4.72. The second-order valence-electron chi connectivity index (χ2n) is 4.32. The maximum Gasteiger partial charge on any atom is 0.138 e. The third kappa shape index (κ3) is 2.39. The van der Waals surface area contributed by atoms with E-state index in [9.17, 15) is 0 Å². The number of ether oxygens (including phenoxy) is 2. The van der Waals surface area contributed by atoms with E-state index in [4.69, 9.17) is 9.47 Å². The molecule has 1 unspecified atom stereocenters. The zero-order valence-corrected chi connectivity index (χ0v) is 9.63. The van der Waals surface area contributed by atoms with Crippen LogP contribution in [-0.2, 0) is 4.74 Å². The van der Waals surface area contributed by atoms with Gasteiger partial charge in [-0.05, 0) is 25.0 Å². The Morgan fingerprint density at radius 3 is 3.12 bits per heavy atom. The molecule has 1 aromatic heterocycles. The third-order valence-electron chi connectivity index (χ3n) is 2.99. The molecule has 3 nitrogen and oxygen atoms in total. The summed E-state index contributed by atoms with van der Waals surface area (Å²) >= 11 is 0. The van der Waals surface area contributed by atoms with E-state index in [2.05, 4.69) is 4.98 Å². The Balaban J connectivity index is 1.80. The van der Waals surface area contributed by atoms with Gasteiger partial charge in [0, 0.05) is 12.0 Å². The summed E-state index contributed by atoms with van der Waals surface area (Å²) in [6, 6.07) is 10.1. The fourth-order valence-electron chi connectivity index (χ4n) is 2.11. The van der Waals surface area contributed by atoms with E-state index in [1.807, 2.05) is 30.3 Å². The molecule has 0 N–H and O–H groups in total. The van der Waals surface area contributed by atoms with Crippen LogP contribution in [0.3, 0.4) is 0 Å². The van der Waals surface area contributed by atoms with Crippen molar-refractivity contribution in [3.8, 4) is 5.75 Å². The molecular weight excluding hydrogens is 214 g/mol. The molecule has 0 spiro atoms. The molecule has 0 amide bonds. The van der Waals surface area contributed by atoms with Crippen molar-refractivity contribution in [1.29, 1.82) is 0 Å². The van der Waals surface area contributed by atoms with Crippen LogP contribution in [0.4, 0.5) is 0 Å². The lowest BCUT2D eigenvalue weighted by atomic mass is 10.2. The molecule has 1 atom stereocenters. The summed E-state index contributed by atoms with van der Waals surface area (Å²) in [6.07, 6.45) is 4.10. The molecule has 1 aliphatic rings. The van der Waals surface area contributed by atoms with Gasteiger partial charge in [0.15, 0.2) is 0 Å². The summed E-state index contributed by atoms with van der Waals surface area (Å²) in [4.78, 5) is 4.38. The normalized spacial score (nSPS) is 20.4. The number of nitrogens with zero attached hydrogens (tertiary/aromatic N) is 1. The average Bonchev–Trinajstić information content (AvgIpc) is 2.40. The second-order valence-corrected chi connectivity index (χ2v) is 4.32. The first-order valence-corrected chi connectivity index (χ1v) is 6.01. The van der Waals surface area contributed by atoms with Gasteiger partial charge in [0.2, 0.25) is 0 Å². The van der Waals surface area contributed by atoms with Crippen LogP contribution in [0.5, 0.6) is 5.75 Å². The van der Waals surface area contributed by atoms with Crippen molar-refractivity contribution >= 4 is 10.9 Å². The SMILES string of the molecule is c1ccc2ncc(OC3CCCOC3)cc2c1. The minimum absolute atomic E-state index is 0.173. The highest BCUT2D eigenvalue weighted by Crippen LogP contribution is 2.21. The highest BCUT2D eigenvalue weighted by Gasteiger charge is 2.15. The fourth-order valence-corrected chi connectivity index (χ4v) is 2.11. The van der Waals surface area contributed by atoms with Crippen molar-refractivity contribution in [2.45, 2.75) is 18.9 Å². The van der Waals surface area contributed by atoms with Crippen molar-refractivity contribution in [1.82, 2.24) is 4.98 Å². The van der Waals surface area contributed by atoms with Gasteiger partial charge in [0.25, 0.3) is 0 Å². The fraction of sp³-hybridized carbons (Fsp3) is 0.357. The van der Waals surface area contributed by atoms with Gasteiger partial charge in [-0.2, -0.15) is 0 Å². The van der Waals surface area contributed by atoms with Gasteiger partial charge in [-0.25, -0.2) is 0 Å². The summed E-state index contributed by atoms with van der Waals surface area (Å²) in [6.45, 7) is 1.54. The standard InChI is InChI=1S/C14H15NO2/c1-2-6-14-11(4-1)8-13(9-15-14)17-12-5-3-7-16-10-12/h1-2,4,6,8-9,12H,3,5,7,10H2. The van der Waals surface area contributed by atoms with Crippen molar-refractivity contribution in [3.63, 3.8) is 0 Å². The molecule has 1 aliphatic heterocycles. The van der Waals surface area contributed by atoms with Gasteiger partial charge in [0.05, 0.1) is 18.3 Å². The monoisotopic (exact) mass is 229 g/mol. The summed E-state index contributed by atoms with van der Waals surface area (Å²) in [7, 11) is 0. The van der Waals surface area contributed by atoms with Crippen LogP contribution in [-0.4, -0.2) is 24.3 Å². The van der Waals surface area contributed by atoms with Gasteiger partial charge < -0.3 is 9.47 Å². The number of aromatic nitrogens is 1. The molecule has 88 valence electrons. The first-order valence-electron chi connectivity index (χ1n) is 6.01. The number of pyridine rings is 1. The van der Waals surface area contributed by atoms with Gasteiger partial charge >= 0.3 is 0 Å². The number of hydrogen-bond donors (Lipinski definition) is 0. The highest BCUT2D eigenvalue weighted by atomic mass is 16.5. The smallest absolute Gasteiger partial charge is 0.138 e. The van der Waals surface area contributed by atoms with E-state index in [1.165, 1.54) is 0 Å². The Morgan fingerprint density at radius 1 is 1.29 bits per heavy atom. The third-order valence-corrected chi connectivity index (χ3v) is 2.99. The van der Waals surface area contributed by atoms with Crippen LogP contribution < -0.4 is 4.74 Å². The summed E-state index contributed by atoms with van der Waals surface area (Å²) < 4.78 is 11.3. The zero-order chi connectivity index (χ0) is 11.5. The van der Waals surface area contributed by atoms with Crippen LogP contribution in [0.2, 0.25) is 0 Å². The van der Waals surface area contributed by atoms with Crippen LogP contribution in [0.15, 0.2) is 36.5 Å². The predicted octanol–water partition coefficient (Wildman–Crippen LogP) is 2.79. The molecule has 0 saturated carbocycles. The molecule has 1 saturated heterocycles. The lowest BCUT2D eigenvalue weighted by Gasteiger charge is -2.23. The molecule has 0 bridgehead atoms. The van der Waals surface area contributed by atoms with E-state index < -0.39 is 0 Å². The van der Waals surface area contributed by atoms with Gasteiger partial charge in [-0.1, -0.05) is 18.2 Å². The minimum Gasteiger partial charge on any atom is -0.486 e. The number of rotatable bonds is 2. The van der Waals surface area contributed by atoms with Crippen LogP contribution in [0.1, 0.15) is 12.8 Å². The molecule has 2 heterocycles. The number of para-hydroxylation sites is 1. The van der Waals surface area contributed by atoms with E-state index in [0.717, 1.165) is 36.1 Å². The predicted molar refractivity (Wildman–Crippen MR) is 66.2 cm³/mol. The Hall–Kier alpha value is -1.61. The van der Waals surface area contributed by atoms with Gasteiger partial charge in [-0.3, -0.25) is 4.98 Å². The lowest BCUT2D eigenvalue weighted by molar-refractivity contribution is 0.00735. The van der Waals surface area contributed by atoms with E-state index in [1.54, 1.807) is 6.20 Å². The largest absolute Gasteiger partial charge is 0.486 e. The molecule has 1 fully saturated rings. The Morgan fingerprint density at radius 2 is 2.24 bits per heavy atom. The molecule has 0 aliphatic carbocycles. The molecule has 1 aromatic carbocycles. The number of fused-ring (bicyclic) bond motifs is 1. The van der Waals surface area contributed by atoms with Crippen molar-refractivity contribution in [2.24, 2.45) is 0 Å². The van der Waals surface area contributed by atoms with E-state index in [-0.39, 0.29) is 6.10 Å². The minimum atomic E-state index is 0.173. The van der Waals surface area contributed by atoms with Crippen molar-refractivity contribution < 1.29 is 9.47 Å². The molecule has 3 heteroatoms. The topological polar surface area (TPSA) is 31.4 Å². The zero-order valence-electron chi connectivity index (χ0n) is 9.63. The number of hydrogen-bond acceptors (Lipinski definition) is 3. The maximum atomic E-state index is 5.88. The quantitative estimate of drug-likeness (QED) is 0.793. The van der Waals surface area contributed by atoms with Crippen molar-refractivity contribution in [2.75, 3.05) is 13.2 Å². The Kier molecular flexibility index (Phi) is 2.92. The van der Waals surface area contributed by atoms with Crippen molar-refractivity contribution in [3.05, 3.63) is 36.5 Å². The molecule has 3 rings (SSSR count). The maximum absolute atomic E-state index is 5.88. The Labute approximate surface area is 100 Å². The number of benzene rings is 1. The summed E-state index contributed by atoms with van der Waals surface area (Å²) in [5.41, 5.74) is 1.000. The Bertz CT molecular complexity index is 506. The lowest BCUT2D eigenvalue weighted by Crippen LogP contribution is -2.28. The molecule has 17 heavy (non-hydrogen) atoms. The van der Waals surface area contributed by atoms with E-state index >= 15 is 0 Å². The summed E-state index contributed by atoms with van der Waals surface area (Å²) in [5, 5.41) is 1.11. The first-order chi connectivity index (χ1) is 8.42.